The zero-order valence-electron chi connectivity index (χ0n) is 57.7. The third kappa shape index (κ3) is 61.1. The first kappa shape index (κ1) is 80.0. The SMILES string of the molecule is CCCCCCCCCCCCCCCCCC(CCCCCCCCCCCCCCC)(CCCCCCCCCCCCCCCC)C(CCCCCCCCCCCCCC)CCCCCCCCCCCCCCCC. The summed E-state index contributed by atoms with van der Waals surface area (Å²) in [6.07, 6.45) is 109. The second kappa shape index (κ2) is 71.5. The van der Waals surface area contributed by atoms with Crippen LogP contribution in [-0.2, 0) is 0 Å². The second-order valence-electron chi connectivity index (χ2n) is 28.2. The summed E-state index contributed by atoms with van der Waals surface area (Å²) in [5, 5.41) is 0. The summed E-state index contributed by atoms with van der Waals surface area (Å²) >= 11 is 0. The zero-order chi connectivity index (χ0) is 57.7. The van der Waals surface area contributed by atoms with Crippen LogP contribution in [0.5, 0.6) is 0 Å². The van der Waals surface area contributed by atoms with Gasteiger partial charge in [-0.2, -0.15) is 0 Å². The largest absolute Gasteiger partial charge is 0.0654 e. The van der Waals surface area contributed by atoms with Crippen LogP contribution in [0.4, 0.5) is 0 Å². The molecule has 0 N–H and O–H groups in total. The molecule has 482 valence electrons. The molecular weight excluding hydrogens is 961 g/mol. The summed E-state index contributed by atoms with van der Waals surface area (Å²) in [6.45, 7) is 11.7. The van der Waals surface area contributed by atoms with Crippen molar-refractivity contribution >= 4 is 0 Å². The summed E-state index contributed by atoms with van der Waals surface area (Å²) in [6, 6.07) is 0. The van der Waals surface area contributed by atoms with Gasteiger partial charge in [-0.05, 0) is 43.4 Å². The molecule has 0 rings (SSSR count). The fraction of sp³-hybridized carbons (Fsp3) is 1.00. The standard InChI is InChI=1S/C80H162/c1-6-11-16-21-26-31-36-41-44-48-53-58-63-68-73-78-80(76-71-66-61-56-51-46-39-34-29-24-19-14-9-4,77-72-67-62-57-52-47-43-38-33-28-23-18-13-8-3)79(74-69-64-59-54-49-40-35-30-25-20-15-10-5)75-70-65-60-55-50-45-42-37-32-27-22-17-12-7-2/h79H,6-78H2,1-5H3. The molecular formula is C80H162. The lowest BCUT2D eigenvalue weighted by Crippen LogP contribution is -2.32. The maximum absolute atomic E-state index is 2.35. The quantitative estimate of drug-likeness (QED) is 0.0533. The van der Waals surface area contributed by atoms with Crippen molar-refractivity contribution in [2.45, 2.75) is 503 Å². The van der Waals surface area contributed by atoms with Gasteiger partial charge in [0.25, 0.3) is 0 Å². The van der Waals surface area contributed by atoms with Crippen LogP contribution in [0.15, 0.2) is 0 Å². The number of rotatable bonds is 74. The predicted octanol–water partition coefficient (Wildman–Crippen LogP) is 31.2. The minimum absolute atomic E-state index is 0.611. The van der Waals surface area contributed by atoms with E-state index >= 15 is 0 Å². The number of hydrogen-bond donors (Lipinski definition) is 0. The summed E-state index contributed by atoms with van der Waals surface area (Å²) in [7, 11) is 0. The van der Waals surface area contributed by atoms with Gasteiger partial charge < -0.3 is 0 Å². The van der Waals surface area contributed by atoms with E-state index < -0.39 is 0 Å². The Hall–Kier alpha value is 0. The van der Waals surface area contributed by atoms with E-state index in [9.17, 15) is 0 Å². The first-order valence-corrected chi connectivity index (χ1v) is 39.7. The minimum Gasteiger partial charge on any atom is -0.0654 e. The van der Waals surface area contributed by atoms with Gasteiger partial charge in [-0.25, -0.2) is 0 Å². The van der Waals surface area contributed by atoms with Crippen LogP contribution in [0.25, 0.3) is 0 Å². The number of unbranched alkanes of at least 4 members (excludes halogenated alkanes) is 63. The van der Waals surface area contributed by atoms with Crippen molar-refractivity contribution in [3.8, 4) is 0 Å². The Morgan fingerprint density at radius 2 is 0.250 bits per heavy atom. The Morgan fingerprint density at radius 1 is 0.138 bits per heavy atom. The molecule has 0 fully saturated rings. The first-order chi connectivity index (χ1) is 39.7. The van der Waals surface area contributed by atoms with Gasteiger partial charge in [0.2, 0.25) is 0 Å². The molecule has 0 bridgehead atoms. The third-order valence-electron chi connectivity index (χ3n) is 20.3. The van der Waals surface area contributed by atoms with Gasteiger partial charge in [0.1, 0.15) is 0 Å². The Morgan fingerprint density at radius 3 is 0.388 bits per heavy atom. The molecule has 0 aromatic rings. The summed E-state index contributed by atoms with van der Waals surface area (Å²) < 4.78 is 0. The van der Waals surface area contributed by atoms with E-state index in [1.54, 1.807) is 32.1 Å². The Balaban J connectivity index is 5.87. The Bertz CT molecular complexity index is 1040. The smallest absolute Gasteiger partial charge is 0.0269 e. The van der Waals surface area contributed by atoms with E-state index in [1.807, 2.05) is 0 Å². The average Bonchev–Trinajstić information content (AvgIpc) is 3.51. The molecule has 0 spiro atoms. The van der Waals surface area contributed by atoms with Crippen LogP contribution < -0.4 is 0 Å². The highest BCUT2D eigenvalue weighted by atomic mass is 14.4. The van der Waals surface area contributed by atoms with Gasteiger partial charge in [-0.3, -0.25) is 0 Å². The highest BCUT2D eigenvalue weighted by molar-refractivity contribution is 4.87. The average molecular weight is 1120 g/mol. The first-order valence-electron chi connectivity index (χ1n) is 39.7. The molecule has 0 aliphatic heterocycles. The molecule has 0 aromatic heterocycles. The van der Waals surface area contributed by atoms with Crippen molar-refractivity contribution in [2.24, 2.45) is 11.3 Å². The van der Waals surface area contributed by atoms with Crippen LogP contribution in [-0.4, -0.2) is 0 Å². The van der Waals surface area contributed by atoms with Crippen molar-refractivity contribution in [2.75, 3.05) is 0 Å². The molecule has 2 unspecified atom stereocenters. The maximum atomic E-state index is 2.35. The fourth-order valence-corrected chi connectivity index (χ4v) is 14.6. The molecule has 0 saturated heterocycles. The zero-order valence-corrected chi connectivity index (χ0v) is 57.7. The second-order valence-corrected chi connectivity index (χ2v) is 28.2. The molecule has 0 heteroatoms. The van der Waals surface area contributed by atoms with Crippen LogP contribution in [0, 0.1) is 11.3 Å². The lowest BCUT2D eigenvalue weighted by atomic mass is 9.62. The van der Waals surface area contributed by atoms with Crippen LogP contribution in [0.1, 0.15) is 503 Å². The van der Waals surface area contributed by atoms with Gasteiger partial charge in [0.15, 0.2) is 0 Å². The molecule has 0 radical (unpaired) electrons. The van der Waals surface area contributed by atoms with Gasteiger partial charge >= 0.3 is 0 Å². The van der Waals surface area contributed by atoms with Gasteiger partial charge in [0.05, 0.1) is 0 Å². The maximum Gasteiger partial charge on any atom is -0.0269 e. The molecule has 0 amide bonds. The highest BCUT2D eigenvalue weighted by Gasteiger charge is 2.36. The Kier molecular flexibility index (Phi) is 71.5. The summed E-state index contributed by atoms with van der Waals surface area (Å²) in [4.78, 5) is 0. The third-order valence-corrected chi connectivity index (χ3v) is 20.3. The molecule has 80 heavy (non-hydrogen) atoms. The van der Waals surface area contributed by atoms with Crippen molar-refractivity contribution < 1.29 is 0 Å². The van der Waals surface area contributed by atoms with Gasteiger partial charge in [-0.1, -0.05) is 471 Å². The van der Waals surface area contributed by atoms with E-state index in [-0.39, 0.29) is 0 Å². The van der Waals surface area contributed by atoms with E-state index in [2.05, 4.69) is 34.6 Å². The van der Waals surface area contributed by atoms with Crippen LogP contribution in [0.3, 0.4) is 0 Å². The van der Waals surface area contributed by atoms with Gasteiger partial charge in [0, 0.05) is 0 Å². The van der Waals surface area contributed by atoms with Crippen LogP contribution in [0.2, 0.25) is 0 Å². The van der Waals surface area contributed by atoms with E-state index in [0.717, 1.165) is 5.92 Å². The van der Waals surface area contributed by atoms with Crippen molar-refractivity contribution in [1.82, 2.24) is 0 Å². The minimum atomic E-state index is 0.611. The summed E-state index contributed by atoms with van der Waals surface area (Å²) in [5.41, 5.74) is 0.611. The van der Waals surface area contributed by atoms with E-state index in [0.29, 0.717) is 5.41 Å². The van der Waals surface area contributed by atoms with Crippen molar-refractivity contribution in [3.05, 3.63) is 0 Å². The molecule has 0 nitrogen and oxygen atoms in total. The van der Waals surface area contributed by atoms with Crippen molar-refractivity contribution in [3.63, 3.8) is 0 Å². The molecule has 0 aromatic carbocycles. The fourth-order valence-electron chi connectivity index (χ4n) is 14.6. The van der Waals surface area contributed by atoms with E-state index in [4.69, 9.17) is 0 Å². The topological polar surface area (TPSA) is 0 Å². The summed E-state index contributed by atoms with van der Waals surface area (Å²) in [5.74, 6) is 0.980. The van der Waals surface area contributed by atoms with Crippen LogP contribution >= 0.6 is 0 Å². The Labute approximate surface area is 512 Å². The monoisotopic (exact) mass is 1120 g/mol. The molecule has 0 saturated carbocycles. The normalized spacial score (nSPS) is 13.0. The predicted molar refractivity (Wildman–Crippen MR) is 371 cm³/mol. The highest BCUT2D eigenvalue weighted by Crippen LogP contribution is 2.48. The molecule has 0 aliphatic rings. The van der Waals surface area contributed by atoms with E-state index in [1.165, 1.54) is 437 Å². The molecule has 0 heterocycles. The lowest BCUT2D eigenvalue weighted by molar-refractivity contribution is 0.0813. The number of hydrogen-bond acceptors (Lipinski definition) is 0. The lowest BCUT2D eigenvalue weighted by Gasteiger charge is -2.43. The molecule has 0 aliphatic carbocycles. The molecule has 2 atom stereocenters. The van der Waals surface area contributed by atoms with Gasteiger partial charge in [-0.15, -0.1) is 0 Å². The van der Waals surface area contributed by atoms with Crippen molar-refractivity contribution in [1.29, 1.82) is 0 Å².